The maximum absolute atomic E-state index is 13.2. The normalized spacial score (nSPS) is 18.9. The lowest BCUT2D eigenvalue weighted by Gasteiger charge is -2.30. The second kappa shape index (κ2) is 6.96. The van der Waals surface area contributed by atoms with Gasteiger partial charge in [0.15, 0.2) is 5.78 Å². The topological polar surface area (TPSA) is 45.3 Å². The van der Waals surface area contributed by atoms with Crippen molar-refractivity contribution in [1.82, 2.24) is 9.88 Å². The molecule has 0 radical (unpaired) electrons. The van der Waals surface area contributed by atoms with Crippen LogP contribution in [0.25, 0.3) is 10.9 Å². The Morgan fingerprint density at radius 1 is 1.19 bits per heavy atom. The van der Waals surface area contributed by atoms with Crippen LogP contribution >= 0.6 is 0 Å². The van der Waals surface area contributed by atoms with E-state index in [-0.39, 0.29) is 17.9 Å². The van der Waals surface area contributed by atoms with Crippen molar-refractivity contribution in [2.75, 3.05) is 13.7 Å². The fourth-order valence-electron chi connectivity index (χ4n) is 4.09. The largest absolute Gasteiger partial charge is 0.497 e. The third kappa shape index (κ3) is 2.90. The van der Waals surface area contributed by atoms with Gasteiger partial charge < -0.3 is 9.72 Å². The van der Waals surface area contributed by atoms with E-state index in [0.717, 1.165) is 41.6 Å². The van der Waals surface area contributed by atoms with Gasteiger partial charge in [0.05, 0.1) is 13.2 Å². The van der Waals surface area contributed by atoms with E-state index >= 15 is 0 Å². The third-order valence-corrected chi connectivity index (χ3v) is 5.53. The number of ether oxygens (including phenoxy) is 1. The van der Waals surface area contributed by atoms with Gasteiger partial charge in [-0.2, -0.15) is 0 Å². The highest BCUT2D eigenvalue weighted by atomic mass is 16.5. The zero-order chi connectivity index (χ0) is 18.1. The summed E-state index contributed by atoms with van der Waals surface area (Å²) in [5.74, 6) is 1.05. The minimum absolute atomic E-state index is 0.149. The standard InChI is InChI=1S/C22H24N2O2/c1-15(22(25)19-14-23-20-7-4-3-6-18(19)20)24-13-5-8-21(24)16-9-11-17(26-2)12-10-16/h3-4,6-7,9-12,14-15,21,23H,5,8,13H2,1-2H3/t15-,21-/m0/s1. The van der Waals surface area contributed by atoms with E-state index in [4.69, 9.17) is 4.74 Å². The van der Waals surface area contributed by atoms with Crippen LogP contribution in [0, 0.1) is 0 Å². The van der Waals surface area contributed by atoms with E-state index in [1.807, 2.05) is 49.5 Å². The maximum Gasteiger partial charge on any atom is 0.181 e. The Morgan fingerprint density at radius 2 is 1.96 bits per heavy atom. The molecule has 26 heavy (non-hydrogen) atoms. The number of H-pyrrole nitrogens is 1. The minimum Gasteiger partial charge on any atom is -0.497 e. The molecule has 4 rings (SSSR count). The van der Waals surface area contributed by atoms with Gasteiger partial charge in [0.25, 0.3) is 0 Å². The third-order valence-electron chi connectivity index (χ3n) is 5.53. The molecule has 1 N–H and O–H groups in total. The number of ketones is 1. The van der Waals surface area contributed by atoms with Crippen LogP contribution in [0.2, 0.25) is 0 Å². The number of carbonyl (C=O) groups excluding carboxylic acids is 1. The molecule has 0 unspecified atom stereocenters. The van der Waals surface area contributed by atoms with Crippen LogP contribution in [0.1, 0.15) is 41.7 Å². The number of nitrogens with one attached hydrogen (secondary N) is 1. The quantitative estimate of drug-likeness (QED) is 0.686. The zero-order valence-corrected chi connectivity index (χ0v) is 15.2. The number of Topliss-reactive ketones (excluding diaryl/α,β-unsaturated/α-hetero) is 1. The van der Waals surface area contributed by atoms with E-state index in [1.165, 1.54) is 5.56 Å². The molecule has 0 amide bonds. The summed E-state index contributed by atoms with van der Waals surface area (Å²) in [5, 5.41) is 1.00. The van der Waals surface area contributed by atoms with Gasteiger partial charge in [-0.1, -0.05) is 30.3 Å². The second-order valence-electron chi connectivity index (χ2n) is 6.96. The summed E-state index contributed by atoms with van der Waals surface area (Å²) in [5.41, 5.74) is 3.05. The van der Waals surface area contributed by atoms with Crippen LogP contribution in [0.5, 0.6) is 5.75 Å². The number of nitrogens with zero attached hydrogens (tertiary/aromatic N) is 1. The number of carbonyl (C=O) groups is 1. The molecule has 0 spiro atoms. The van der Waals surface area contributed by atoms with E-state index in [2.05, 4.69) is 22.0 Å². The first-order chi connectivity index (χ1) is 12.7. The Bertz CT molecular complexity index is 913. The second-order valence-corrected chi connectivity index (χ2v) is 6.96. The Hall–Kier alpha value is -2.59. The molecule has 2 aromatic carbocycles. The number of hydrogen-bond acceptors (Lipinski definition) is 3. The first kappa shape index (κ1) is 16.9. The lowest BCUT2D eigenvalue weighted by Crippen LogP contribution is -2.38. The van der Waals surface area contributed by atoms with Gasteiger partial charge in [-0.25, -0.2) is 0 Å². The summed E-state index contributed by atoms with van der Waals surface area (Å²) in [6.45, 7) is 2.98. The number of benzene rings is 2. The number of fused-ring (bicyclic) bond motifs is 1. The fraction of sp³-hybridized carbons (Fsp3) is 0.318. The molecule has 2 heterocycles. The number of para-hydroxylation sites is 1. The van der Waals surface area contributed by atoms with E-state index in [1.54, 1.807) is 7.11 Å². The summed E-state index contributed by atoms with van der Waals surface area (Å²) in [7, 11) is 1.68. The lowest BCUT2D eigenvalue weighted by atomic mass is 9.99. The van der Waals surface area contributed by atoms with Gasteiger partial charge in [0.1, 0.15) is 5.75 Å². The maximum atomic E-state index is 13.2. The van der Waals surface area contributed by atoms with Crippen molar-refractivity contribution in [1.29, 1.82) is 0 Å². The van der Waals surface area contributed by atoms with E-state index < -0.39 is 0 Å². The predicted molar refractivity (Wildman–Crippen MR) is 104 cm³/mol. The summed E-state index contributed by atoms with van der Waals surface area (Å²) in [6, 6.07) is 16.3. The van der Waals surface area contributed by atoms with Crippen molar-refractivity contribution in [2.45, 2.75) is 31.8 Å². The van der Waals surface area contributed by atoms with Crippen LogP contribution in [-0.2, 0) is 0 Å². The van der Waals surface area contributed by atoms with Gasteiger partial charge in [-0.15, -0.1) is 0 Å². The van der Waals surface area contributed by atoms with Crippen molar-refractivity contribution in [2.24, 2.45) is 0 Å². The molecule has 134 valence electrons. The molecule has 4 nitrogen and oxygen atoms in total. The molecule has 1 aromatic heterocycles. The Labute approximate surface area is 153 Å². The van der Waals surface area contributed by atoms with Crippen LogP contribution < -0.4 is 4.74 Å². The number of methoxy groups -OCH3 is 1. The van der Waals surface area contributed by atoms with Crippen LogP contribution in [0.15, 0.2) is 54.7 Å². The average molecular weight is 348 g/mol. The summed E-state index contributed by atoms with van der Waals surface area (Å²) in [6.07, 6.45) is 4.04. The first-order valence-electron chi connectivity index (χ1n) is 9.19. The zero-order valence-electron chi connectivity index (χ0n) is 15.2. The van der Waals surface area contributed by atoms with E-state index in [9.17, 15) is 4.79 Å². The lowest BCUT2D eigenvalue weighted by molar-refractivity contribution is 0.0821. The first-order valence-corrected chi connectivity index (χ1v) is 9.19. The number of likely N-dealkylation sites (tertiary alicyclic amines) is 1. The number of rotatable bonds is 5. The Balaban J connectivity index is 1.59. The monoisotopic (exact) mass is 348 g/mol. The molecular weight excluding hydrogens is 324 g/mol. The summed E-state index contributed by atoms with van der Waals surface area (Å²) in [4.78, 5) is 18.8. The molecular formula is C22H24N2O2. The van der Waals surface area contributed by atoms with Gasteiger partial charge in [0.2, 0.25) is 0 Å². The average Bonchev–Trinajstić information content (AvgIpc) is 3.34. The molecule has 4 heteroatoms. The Morgan fingerprint density at radius 3 is 2.73 bits per heavy atom. The molecule has 1 aliphatic rings. The molecule has 1 saturated heterocycles. The molecule has 2 atom stereocenters. The number of hydrogen-bond donors (Lipinski definition) is 1. The molecule has 0 saturated carbocycles. The highest BCUT2D eigenvalue weighted by Gasteiger charge is 2.33. The fourth-order valence-corrected chi connectivity index (χ4v) is 4.09. The van der Waals surface area contributed by atoms with Gasteiger partial charge in [0, 0.05) is 28.7 Å². The highest BCUT2D eigenvalue weighted by Crippen LogP contribution is 2.35. The van der Waals surface area contributed by atoms with Gasteiger partial charge in [-0.05, 0) is 50.1 Å². The Kier molecular flexibility index (Phi) is 4.51. The van der Waals surface area contributed by atoms with Crippen molar-refractivity contribution < 1.29 is 9.53 Å². The summed E-state index contributed by atoms with van der Waals surface area (Å²) >= 11 is 0. The summed E-state index contributed by atoms with van der Waals surface area (Å²) < 4.78 is 5.26. The van der Waals surface area contributed by atoms with Crippen molar-refractivity contribution in [3.8, 4) is 5.75 Å². The van der Waals surface area contributed by atoms with Crippen molar-refractivity contribution in [3.63, 3.8) is 0 Å². The number of aromatic amines is 1. The van der Waals surface area contributed by atoms with Crippen molar-refractivity contribution in [3.05, 3.63) is 65.9 Å². The van der Waals surface area contributed by atoms with E-state index in [0.29, 0.717) is 0 Å². The SMILES string of the molecule is COc1ccc([C@@H]2CCCN2[C@@H](C)C(=O)c2c[nH]c3ccccc23)cc1. The smallest absolute Gasteiger partial charge is 0.181 e. The van der Waals surface area contributed by atoms with Gasteiger partial charge >= 0.3 is 0 Å². The molecule has 1 fully saturated rings. The van der Waals surface area contributed by atoms with Crippen LogP contribution in [0.4, 0.5) is 0 Å². The van der Waals surface area contributed by atoms with Crippen molar-refractivity contribution >= 4 is 16.7 Å². The minimum atomic E-state index is -0.149. The molecule has 1 aliphatic heterocycles. The predicted octanol–water partition coefficient (Wildman–Crippen LogP) is 4.58. The highest BCUT2D eigenvalue weighted by molar-refractivity contribution is 6.10. The number of aromatic nitrogens is 1. The van der Waals surface area contributed by atoms with Crippen LogP contribution in [-0.4, -0.2) is 35.4 Å². The molecule has 0 aliphatic carbocycles. The molecule has 3 aromatic rings. The van der Waals surface area contributed by atoms with Crippen LogP contribution in [0.3, 0.4) is 0 Å². The van der Waals surface area contributed by atoms with Gasteiger partial charge in [-0.3, -0.25) is 9.69 Å². The molecule has 0 bridgehead atoms.